The van der Waals surface area contributed by atoms with E-state index in [-0.39, 0.29) is 0 Å². The number of aromatic nitrogens is 2. The molecule has 3 heteroatoms. The van der Waals surface area contributed by atoms with Crippen LogP contribution >= 0.6 is 0 Å². The third-order valence-electron chi connectivity index (χ3n) is 2.60. The molecule has 0 fully saturated rings. The van der Waals surface area contributed by atoms with Crippen molar-refractivity contribution in [3.8, 4) is 0 Å². The zero-order valence-corrected chi connectivity index (χ0v) is 9.92. The van der Waals surface area contributed by atoms with Gasteiger partial charge in [-0.15, -0.1) is 0 Å². The molecule has 1 heterocycles. The van der Waals surface area contributed by atoms with Gasteiger partial charge in [0.25, 0.3) is 0 Å². The van der Waals surface area contributed by atoms with Gasteiger partial charge in [0.1, 0.15) is 5.82 Å². The van der Waals surface area contributed by atoms with Crippen molar-refractivity contribution in [2.24, 2.45) is 0 Å². The zero-order valence-electron chi connectivity index (χ0n) is 9.92. The van der Waals surface area contributed by atoms with E-state index in [1.165, 1.54) is 5.56 Å². The van der Waals surface area contributed by atoms with Gasteiger partial charge in [0.2, 0.25) is 0 Å². The Labute approximate surface area is 95.8 Å². The summed E-state index contributed by atoms with van der Waals surface area (Å²) < 4.78 is 5.45. The summed E-state index contributed by atoms with van der Waals surface area (Å²) in [5, 5.41) is 0. The van der Waals surface area contributed by atoms with Crippen molar-refractivity contribution < 1.29 is 4.74 Å². The maximum atomic E-state index is 5.45. The highest BCUT2D eigenvalue weighted by Gasteiger charge is 2.04. The minimum atomic E-state index is 0.743. The number of nitrogens with one attached hydrogen (secondary N) is 1. The Balaban J connectivity index is 2.05. The van der Waals surface area contributed by atoms with Crippen molar-refractivity contribution in [2.75, 3.05) is 13.2 Å². The lowest BCUT2D eigenvalue weighted by Gasteiger charge is -1.98. The molecule has 86 valence electrons. The Morgan fingerprint density at radius 2 is 2.19 bits per heavy atom. The molecule has 0 saturated carbocycles. The first-order chi connectivity index (χ1) is 7.81. The minimum Gasteiger partial charge on any atom is -0.381 e. The lowest BCUT2D eigenvalue weighted by molar-refractivity contribution is 0.137. The predicted molar refractivity (Wildman–Crippen MR) is 65.6 cm³/mol. The van der Waals surface area contributed by atoms with Gasteiger partial charge in [-0.05, 0) is 25.0 Å². The summed E-state index contributed by atoms with van der Waals surface area (Å²) >= 11 is 0. The molecule has 0 aliphatic carbocycles. The van der Waals surface area contributed by atoms with Gasteiger partial charge in [-0.2, -0.15) is 0 Å². The summed E-state index contributed by atoms with van der Waals surface area (Å²) in [6, 6.07) is 6.19. The van der Waals surface area contributed by atoms with Crippen molar-refractivity contribution in [1.29, 1.82) is 0 Å². The van der Waals surface area contributed by atoms with Crippen LogP contribution in [0.15, 0.2) is 18.2 Å². The molecule has 0 aliphatic rings. The Kier molecular flexibility index (Phi) is 3.57. The van der Waals surface area contributed by atoms with Crippen LogP contribution in [0.1, 0.15) is 24.7 Å². The van der Waals surface area contributed by atoms with E-state index in [2.05, 4.69) is 35.9 Å². The van der Waals surface area contributed by atoms with Gasteiger partial charge < -0.3 is 9.72 Å². The number of hydrogen-bond acceptors (Lipinski definition) is 2. The number of nitrogens with zero attached hydrogens (tertiary/aromatic N) is 1. The quantitative estimate of drug-likeness (QED) is 0.784. The van der Waals surface area contributed by atoms with Crippen molar-refractivity contribution in [3.05, 3.63) is 29.6 Å². The van der Waals surface area contributed by atoms with Crippen molar-refractivity contribution in [3.63, 3.8) is 0 Å². The van der Waals surface area contributed by atoms with E-state index < -0.39 is 0 Å². The highest BCUT2D eigenvalue weighted by molar-refractivity contribution is 5.78. The molecule has 1 aromatic heterocycles. The first-order valence-electron chi connectivity index (χ1n) is 5.83. The molecule has 1 N–H and O–H groups in total. The molecule has 16 heavy (non-hydrogen) atoms. The van der Waals surface area contributed by atoms with Gasteiger partial charge >= 0.3 is 0 Å². The minimum absolute atomic E-state index is 0.743. The summed E-state index contributed by atoms with van der Waals surface area (Å²) in [4.78, 5) is 7.90. The first-order valence-corrected chi connectivity index (χ1v) is 5.83. The molecular weight excluding hydrogens is 200 g/mol. The number of ether oxygens (including phenoxy) is 1. The Morgan fingerprint density at radius 1 is 1.31 bits per heavy atom. The molecule has 2 rings (SSSR count). The summed E-state index contributed by atoms with van der Waals surface area (Å²) in [6.45, 7) is 5.77. The second-order valence-electron chi connectivity index (χ2n) is 4.02. The Morgan fingerprint density at radius 3 is 2.94 bits per heavy atom. The first kappa shape index (κ1) is 11.1. The highest BCUT2D eigenvalue weighted by Crippen LogP contribution is 2.15. The number of rotatable bonds is 5. The molecule has 2 aromatic rings. The van der Waals surface area contributed by atoms with Gasteiger partial charge in [-0.3, -0.25) is 0 Å². The molecule has 0 saturated heterocycles. The van der Waals surface area contributed by atoms with E-state index >= 15 is 0 Å². The smallest absolute Gasteiger partial charge is 0.109 e. The average Bonchev–Trinajstić information content (AvgIpc) is 2.69. The maximum absolute atomic E-state index is 5.45. The van der Waals surface area contributed by atoms with Gasteiger partial charge in [-0.25, -0.2) is 4.98 Å². The highest BCUT2D eigenvalue weighted by atomic mass is 16.5. The SMILES string of the molecule is CCCOCCc1nc2c(C)cccc2[nH]1. The predicted octanol–water partition coefficient (Wildman–Crippen LogP) is 2.84. The van der Waals surface area contributed by atoms with E-state index in [1.807, 2.05) is 6.07 Å². The van der Waals surface area contributed by atoms with Crippen molar-refractivity contribution in [1.82, 2.24) is 9.97 Å². The van der Waals surface area contributed by atoms with Crippen LogP contribution in [-0.2, 0) is 11.2 Å². The number of para-hydroxylation sites is 1. The number of hydrogen-bond donors (Lipinski definition) is 1. The standard InChI is InChI=1S/C13H18N2O/c1-3-8-16-9-7-12-14-11-6-4-5-10(2)13(11)15-12/h4-6H,3,7-9H2,1-2H3,(H,14,15). The number of aryl methyl sites for hydroxylation is 1. The molecule has 0 amide bonds. The van der Waals surface area contributed by atoms with Gasteiger partial charge in [0.05, 0.1) is 17.6 Å². The van der Waals surface area contributed by atoms with Crippen LogP contribution in [0.3, 0.4) is 0 Å². The van der Waals surface area contributed by atoms with E-state index in [0.29, 0.717) is 0 Å². The van der Waals surface area contributed by atoms with Crippen molar-refractivity contribution >= 4 is 11.0 Å². The topological polar surface area (TPSA) is 37.9 Å². The van der Waals surface area contributed by atoms with E-state index in [1.54, 1.807) is 0 Å². The Bertz CT molecular complexity index is 462. The molecule has 0 aliphatic heterocycles. The van der Waals surface area contributed by atoms with Crippen LogP contribution in [0.5, 0.6) is 0 Å². The molecule has 1 aromatic carbocycles. The summed E-state index contributed by atoms with van der Waals surface area (Å²) in [5.41, 5.74) is 3.41. The normalized spacial score (nSPS) is 11.1. The Hall–Kier alpha value is -1.35. The van der Waals surface area contributed by atoms with E-state index in [9.17, 15) is 0 Å². The number of H-pyrrole nitrogens is 1. The molecule has 3 nitrogen and oxygen atoms in total. The second kappa shape index (κ2) is 5.12. The summed E-state index contributed by atoms with van der Waals surface area (Å²) in [6.07, 6.45) is 1.92. The third-order valence-corrected chi connectivity index (χ3v) is 2.60. The van der Waals surface area contributed by atoms with Gasteiger partial charge in [0.15, 0.2) is 0 Å². The molecular formula is C13H18N2O. The fourth-order valence-electron chi connectivity index (χ4n) is 1.76. The largest absolute Gasteiger partial charge is 0.381 e. The number of fused-ring (bicyclic) bond motifs is 1. The number of benzene rings is 1. The van der Waals surface area contributed by atoms with Crippen LogP contribution in [0, 0.1) is 6.92 Å². The van der Waals surface area contributed by atoms with Gasteiger partial charge in [-0.1, -0.05) is 19.1 Å². The number of imidazole rings is 1. The summed E-state index contributed by atoms with van der Waals surface area (Å²) in [5.74, 6) is 1.01. The van der Waals surface area contributed by atoms with Crippen LogP contribution in [0.4, 0.5) is 0 Å². The second-order valence-corrected chi connectivity index (χ2v) is 4.02. The molecule has 0 atom stereocenters. The van der Waals surface area contributed by atoms with E-state index in [4.69, 9.17) is 4.74 Å². The lowest BCUT2D eigenvalue weighted by atomic mass is 10.2. The molecule has 0 bridgehead atoms. The van der Waals surface area contributed by atoms with E-state index in [0.717, 1.165) is 42.9 Å². The average molecular weight is 218 g/mol. The molecule has 0 unspecified atom stereocenters. The van der Waals surface area contributed by atoms with Crippen LogP contribution in [0.25, 0.3) is 11.0 Å². The van der Waals surface area contributed by atoms with Crippen LogP contribution in [-0.4, -0.2) is 23.2 Å². The third kappa shape index (κ3) is 2.42. The maximum Gasteiger partial charge on any atom is 0.109 e. The number of aromatic amines is 1. The van der Waals surface area contributed by atoms with Gasteiger partial charge in [0, 0.05) is 13.0 Å². The summed E-state index contributed by atoms with van der Waals surface area (Å²) in [7, 11) is 0. The van der Waals surface area contributed by atoms with Crippen LogP contribution in [0.2, 0.25) is 0 Å². The zero-order chi connectivity index (χ0) is 11.4. The van der Waals surface area contributed by atoms with Crippen LogP contribution < -0.4 is 0 Å². The molecule has 0 radical (unpaired) electrons. The fraction of sp³-hybridized carbons (Fsp3) is 0.462. The molecule has 0 spiro atoms. The lowest BCUT2D eigenvalue weighted by Crippen LogP contribution is -2.00. The van der Waals surface area contributed by atoms with Crippen molar-refractivity contribution in [2.45, 2.75) is 26.7 Å². The fourth-order valence-corrected chi connectivity index (χ4v) is 1.76. The monoisotopic (exact) mass is 218 g/mol.